The van der Waals surface area contributed by atoms with Crippen LogP contribution in [0.1, 0.15) is 39.0 Å². The second-order valence-corrected chi connectivity index (χ2v) is 4.74. The van der Waals surface area contributed by atoms with E-state index in [-0.39, 0.29) is 0 Å². The first-order valence-corrected chi connectivity index (χ1v) is 6.41. The second kappa shape index (κ2) is 6.85. The Morgan fingerprint density at radius 1 is 1.33 bits per heavy atom. The summed E-state index contributed by atoms with van der Waals surface area (Å²) in [5, 5.41) is 0. The minimum atomic E-state index is -4.45. The summed E-state index contributed by atoms with van der Waals surface area (Å²) in [6.45, 7) is 1.61. The van der Waals surface area contributed by atoms with E-state index in [1.165, 1.54) is 4.90 Å². The molecule has 0 radical (unpaired) electrons. The van der Waals surface area contributed by atoms with Crippen molar-refractivity contribution in [1.29, 1.82) is 0 Å². The Labute approximate surface area is 105 Å². The van der Waals surface area contributed by atoms with Gasteiger partial charge in [-0.15, -0.1) is 0 Å². The van der Waals surface area contributed by atoms with Gasteiger partial charge in [-0.1, -0.05) is 19.8 Å². The van der Waals surface area contributed by atoms with Gasteiger partial charge in [0.05, 0.1) is 0 Å². The Morgan fingerprint density at radius 2 is 2.06 bits per heavy atom. The first-order chi connectivity index (χ1) is 8.42. The van der Waals surface area contributed by atoms with Crippen molar-refractivity contribution < 1.29 is 22.7 Å². The topological polar surface area (TPSA) is 29.5 Å². The third-order valence-corrected chi connectivity index (χ3v) is 3.16. The lowest BCUT2D eigenvalue weighted by Gasteiger charge is -2.20. The van der Waals surface area contributed by atoms with Gasteiger partial charge in [0.1, 0.15) is 0 Å². The molecule has 6 heteroatoms. The summed E-state index contributed by atoms with van der Waals surface area (Å²) in [6, 6.07) is 0. The molecule has 1 fully saturated rings. The van der Waals surface area contributed by atoms with Crippen LogP contribution in [0, 0.1) is 5.92 Å². The van der Waals surface area contributed by atoms with Crippen LogP contribution in [0.25, 0.3) is 0 Å². The van der Waals surface area contributed by atoms with Crippen LogP contribution >= 0.6 is 0 Å². The normalized spacial score (nSPS) is 21.6. The fourth-order valence-electron chi connectivity index (χ4n) is 2.28. The van der Waals surface area contributed by atoms with E-state index in [1.54, 1.807) is 0 Å². The highest BCUT2D eigenvalue weighted by Gasteiger charge is 2.31. The summed E-state index contributed by atoms with van der Waals surface area (Å²) in [7, 11) is 0. The molecule has 0 aromatic carbocycles. The van der Waals surface area contributed by atoms with E-state index in [4.69, 9.17) is 0 Å². The van der Waals surface area contributed by atoms with Crippen molar-refractivity contribution in [2.45, 2.75) is 45.2 Å². The van der Waals surface area contributed by atoms with Gasteiger partial charge in [-0.25, -0.2) is 4.79 Å². The maximum absolute atomic E-state index is 11.9. The Kier molecular flexibility index (Phi) is 5.75. The van der Waals surface area contributed by atoms with E-state index in [0.717, 1.165) is 32.1 Å². The standard InChI is InChI=1S/C12H20F3NO2/c1-2-4-10-5-3-7-16(8-6-10)11(17)18-9-12(13,14)15/h10H,2-9H2,1H3. The smallest absolute Gasteiger partial charge is 0.422 e. The highest BCUT2D eigenvalue weighted by atomic mass is 19.4. The van der Waals surface area contributed by atoms with Crippen molar-refractivity contribution in [2.24, 2.45) is 5.92 Å². The molecular formula is C12H20F3NO2. The molecule has 0 spiro atoms. The molecule has 1 aliphatic heterocycles. The highest BCUT2D eigenvalue weighted by molar-refractivity contribution is 5.67. The van der Waals surface area contributed by atoms with E-state index < -0.39 is 18.9 Å². The summed E-state index contributed by atoms with van der Waals surface area (Å²) in [5.41, 5.74) is 0. The number of halogens is 3. The van der Waals surface area contributed by atoms with E-state index in [0.29, 0.717) is 19.0 Å². The molecule has 0 aromatic rings. The first-order valence-electron chi connectivity index (χ1n) is 6.41. The third-order valence-electron chi connectivity index (χ3n) is 3.16. The van der Waals surface area contributed by atoms with Crippen molar-refractivity contribution in [3.63, 3.8) is 0 Å². The maximum Gasteiger partial charge on any atom is 0.422 e. The second-order valence-electron chi connectivity index (χ2n) is 4.74. The fourth-order valence-corrected chi connectivity index (χ4v) is 2.28. The fraction of sp³-hybridized carbons (Fsp3) is 0.917. The average molecular weight is 267 g/mol. The van der Waals surface area contributed by atoms with Gasteiger partial charge in [0.2, 0.25) is 0 Å². The Morgan fingerprint density at radius 3 is 2.67 bits per heavy atom. The number of likely N-dealkylation sites (tertiary alicyclic amines) is 1. The average Bonchev–Trinajstić information content (AvgIpc) is 2.51. The minimum absolute atomic E-state index is 0.497. The predicted octanol–water partition coefficient (Wildman–Crippen LogP) is 3.59. The van der Waals surface area contributed by atoms with Gasteiger partial charge in [-0.2, -0.15) is 13.2 Å². The molecule has 0 N–H and O–H groups in total. The number of hydrogen-bond donors (Lipinski definition) is 0. The number of hydrogen-bond acceptors (Lipinski definition) is 2. The molecule has 0 aliphatic carbocycles. The van der Waals surface area contributed by atoms with Crippen molar-refractivity contribution in [2.75, 3.05) is 19.7 Å². The van der Waals surface area contributed by atoms with Crippen LogP contribution in [0.4, 0.5) is 18.0 Å². The van der Waals surface area contributed by atoms with Gasteiger partial charge in [0.15, 0.2) is 6.61 Å². The number of carbonyl (C=O) groups is 1. The zero-order valence-electron chi connectivity index (χ0n) is 10.6. The molecule has 106 valence electrons. The zero-order valence-corrected chi connectivity index (χ0v) is 10.6. The summed E-state index contributed by atoms with van der Waals surface area (Å²) in [4.78, 5) is 12.9. The van der Waals surface area contributed by atoms with Crippen LogP contribution in [0.5, 0.6) is 0 Å². The molecule has 1 heterocycles. The first kappa shape index (κ1) is 15.1. The lowest BCUT2D eigenvalue weighted by Crippen LogP contribution is -2.34. The Hall–Kier alpha value is -0.940. The molecule has 1 atom stereocenters. The number of alkyl halides is 3. The quantitative estimate of drug-likeness (QED) is 0.782. The monoisotopic (exact) mass is 267 g/mol. The van der Waals surface area contributed by atoms with Gasteiger partial charge < -0.3 is 9.64 Å². The zero-order chi connectivity index (χ0) is 13.6. The van der Waals surface area contributed by atoms with E-state index in [2.05, 4.69) is 11.7 Å². The molecule has 1 aliphatic rings. The van der Waals surface area contributed by atoms with Crippen LogP contribution < -0.4 is 0 Å². The number of ether oxygens (including phenoxy) is 1. The molecule has 18 heavy (non-hydrogen) atoms. The van der Waals surface area contributed by atoms with Crippen molar-refractivity contribution in [3.05, 3.63) is 0 Å². The van der Waals surface area contributed by atoms with Gasteiger partial charge in [0.25, 0.3) is 0 Å². The lowest BCUT2D eigenvalue weighted by atomic mass is 9.96. The van der Waals surface area contributed by atoms with Crippen LogP contribution in [0.15, 0.2) is 0 Å². The molecule has 1 amide bonds. The Balaban J connectivity index is 2.35. The van der Waals surface area contributed by atoms with Crippen LogP contribution in [0.3, 0.4) is 0 Å². The van der Waals surface area contributed by atoms with Gasteiger partial charge in [-0.05, 0) is 25.2 Å². The molecule has 3 nitrogen and oxygen atoms in total. The van der Waals surface area contributed by atoms with Gasteiger partial charge in [-0.3, -0.25) is 0 Å². The molecule has 1 rings (SSSR count). The summed E-state index contributed by atoms with van der Waals surface area (Å²) < 4.78 is 40.0. The van der Waals surface area contributed by atoms with E-state index in [9.17, 15) is 18.0 Å². The van der Waals surface area contributed by atoms with E-state index >= 15 is 0 Å². The molecule has 0 saturated carbocycles. The molecule has 1 unspecified atom stereocenters. The van der Waals surface area contributed by atoms with Crippen LogP contribution in [0.2, 0.25) is 0 Å². The van der Waals surface area contributed by atoms with Crippen molar-refractivity contribution in [3.8, 4) is 0 Å². The number of rotatable bonds is 3. The maximum atomic E-state index is 11.9. The number of nitrogens with zero attached hydrogens (tertiary/aromatic N) is 1. The Bertz CT molecular complexity index is 269. The van der Waals surface area contributed by atoms with Crippen molar-refractivity contribution >= 4 is 6.09 Å². The summed E-state index contributed by atoms with van der Waals surface area (Å²) in [5.74, 6) is 0.579. The highest BCUT2D eigenvalue weighted by Crippen LogP contribution is 2.22. The lowest BCUT2D eigenvalue weighted by molar-refractivity contribution is -0.162. The molecular weight excluding hydrogens is 247 g/mol. The van der Waals surface area contributed by atoms with Gasteiger partial charge in [0, 0.05) is 13.1 Å². The van der Waals surface area contributed by atoms with Crippen LogP contribution in [-0.4, -0.2) is 36.9 Å². The molecule has 0 bridgehead atoms. The minimum Gasteiger partial charge on any atom is -0.440 e. The molecule has 0 aromatic heterocycles. The predicted molar refractivity (Wildman–Crippen MR) is 61.2 cm³/mol. The van der Waals surface area contributed by atoms with Gasteiger partial charge >= 0.3 is 12.3 Å². The summed E-state index contributed by atoms with van der Waals surface area (Å²) >= 11 is 0. The molecule has 1 saturated heterocycles. The number of carbonyl (C=O) groups excluding carboxylic acids is 1. The van der Waals surface area contributed by atoms with Crippen LogP contribution in [-0.2, 0) is 4.74 Å². The largest absolute Gasteiger partial charge is 0.440 e. The summed E-state index contributed by atoms with van der Waals surface area (Å²) in [6.07, 6.45) is -0.345. The third kappa shape index (κ3) is 5.60. The van der Waals surface area contributed by atoms with Crippen molar-refractivity contribution in [1.82, 2.24) is 4.90 Å². The van der Waals surface area contributed by atoms with E-state index in [1.807, 2.05) is 0 Å². The number of amides is 1. The SMILES string of the molecule is CCCC1CCCN(C(=O)OCC(F)(F)F)CC1.